The van der Waals surface area contributed by atoms with Gasteiger partial charge in [0.05, 0.1) is 19.2 Å². The van der Waals surface area contributed by atoms with Crippen molar-refractivity contribution in [1.82, 2.24) is 5.32 Å². The van der Waals surface area contributed by atoms with Crippen molar-refractivity contribution in [1.29, 1.82) is 0 Å². The van der Waals surface area contributed by atoms with Crippen LogP contribution in [0.1, 0.15) is 64.0 Å². The maximum Gasteiger partial charge on any atom is 0.239 e. The molecule has 0 aliphatic rings. The van der Waals surface area contributed by atoms with Gasteiger partial charge in [-0.05, 0) is 30.5 Å². The summed E-state index contributed by atoms with van der Waals surface area (Å²) in [5.74, 6) is 0.828. The number of unbranched alkanes of at least 4 members (excludes halogenated alkanes) is 4. The molecule has 1 atom stereocenters. The van der Waals surface area contributed by atoms with Gasteiger partial charge in [0.2, 0.25) is 5.91 Å². The molecular weight excluding hydrogens is 348 g/mol. The van der Waals surface area contributed by atoms with Crippen LogP contribution in [0.15, 0.2) is 54.6 Å². The molecule has 0 bridgehead atoms. The molecule has 1 unspecified atom stereocenters. The molecule has 0 saturated heterocycles. The smallest absolute Gasteiger partial charge is 0.239 e. The van der Waals surface area contributed by atoms with Crippen LogP contribution in [0.25, 0.3) is 0 Å². The Balaban J connectivity index is 1.75. The monoisotopic (exact) mass is 382 g/mol. The number of hydrogen-bond acceptors (Lipinski definition) is 3. The van der Waals surface area contributed by atoms with Gasteiger partial charge in [-0.25, -0.2) is 0 Å². The second-order valence-electron chi connectivity index (χ2n) is 7.08. The first-order chi connectivity index (χ1) is 13.7. The van der Waals surface area contributed by atoms with E-state index in [4.69, 9.17) is 4.74 Å². The zero-order chi connectivity index (χ0) is 20.0. The van der Waals surface area contributed by atoms with E-state index in [2.05, 4.69) is 24.5 Å². The molecule has 0 aromatic heterocycles. The van der Waals surface area contributed by atoms with Gasteiger partial charge < -0.3 is 15.4 Å². The van der Waals surface area contributed by atoms with Crippen molar-refractivity contribution < 1.29 is 9.53 Å². The van der Waals surface area contributed by atoms with Gasteiger partial charge in [0.15, 0.2) is 0 Å². The van der Waals surface area contributed by atoms with Crippen LogP contribution in [0.5, 0.6) is 5.75 Å². The van der Waals surface area contributed by atoms with E-state index in [1.807, 2.05) is 54.6 Å². The minimum Gasteiger partial charge on any atom is -0.494 e. The highest BCUT2D eigenvalue weighted by atomic mass is 16.5. The number of nitrogens with one attached hydrogen (secondary N) is 2. The van der Waals surface area contributed by atoms with Crippen LogP contribution in [-0.4, -0.2) is 19.1 Å². The number of benzene rings is 2. The molecule has 4 heteroatoms. The highest BCUT2D eigenvalue weighted by Crippen LogP contribution is 2.18. The van der Waals surface area contributed by atoms with Gasteiger partial charge in [-0.2, -0.15) is 0 Å². The Morgan fingerprint density at radius 1 is 0.964 bits per heavy atom. The first kappa shape index (κ1) is 21.8. The van der Waals surface area contributed by atoms with Crippen LogP contribution in [0.4, 0.5) is 5.69 Å². The Hall–Kier alpha value is -2.49. The predicted octanol–water partition coefficient (Wildman–Crippen LogP) is 5.72. The van der Waals surface area contributed by atoms with Crippen LogP contribution >= 0.6 is 0 Å². The Kier molecular flexibility index (Phi) is 9.98. The van der Waals surface area contributed by atoms with E-state index in [9.17, 15) is 4.79 Å². The number of amides is 1. The third-order valence-corrected chi connectivity index (χ3v) is 4.75. The fourth-order valence-electron chi connectivity index (χ4n) is 3.13. The summed E-state index contributed by atoms with van der Waals surface area (Å²) in [6.07, 6.45) is 6.98. The fourth-order valence-corrected chi connectivity index (χ4v) is 3.13. The molecule has 2 N–H and O–H groups in total. The highest BCUT2D eigenvalue weighted by Gasteiger charge is 2.12. The van der Waals surface area contributed by atoms with E-state index < -0.39 is 0 Å². The van der Waals surface area contributed by atoms with E-state index in [0.717, 1.165) is 36.4 Å². The molecular formula is C24H34N2O2. The van der Waals surface area contributed by atoms with Crippen LogP contribution in [0.3, 0.4) is 0 Å². The van der Waals surface area contributed by atoms with Gasteiger partial charge in [-0.1, -0.05) is 75.9 Å². The molecule has 152 valence electrons. The van der Waals surface area contributed by atoms with Crippen LogP contribution in [-0.2, 0) is 4.79 Å². The molecule has 0 spiro atoms. The minimum atomic E-state index is -0.0158. The molecule has 2 rings (SSSR count). The highest BCUT2D eigenvalue weighted by molar-refractivity contribution is 5.81. The molecule has 0 saturated carbocycles. The normalized spacial score (nSPS) is 11.6. The van der Waals surface area contributed by atoms with E-state index in [-0.39, 0.29) is 18.5 Å². The maximum atomic E-state index is 12.3. The van der Waals surface area contributed by atoms with E-state index >= 15 is 0 Å². The first-order valence-electron chi connectivity index (χ1n) is 10.5. The third kappa shape index (κ3) is 8.03. The summed E-state index contributed by atoms with van der Waals surface area (Å²) < 4.78 is 5.83. The van der Waals surface area contributed by atoms with Crippen molar-refractivity contribution in [2.45, 2.75) is 58.4 Å². The van der Waals surface area contributed by atoms with Crippen LogP contribution < -0.4 is 15.4 Å². The summed E-state index contributed by atoms with van der Waals surface area (Å²) >= 11 is 0. The maximum absolute atomic E-state index is 12.3. The number of ether oxygens (including phenoxy) is 1. The van der Waals surface area contributed by atoms with Crippen molar-refractivity contribution in [3.05, 3.63) is 60.2 Å². The second kappa shape index (κ2) is 12.8. The fraction of sp³-hybridized carbons (Fsp3) is 0.458. The molecule has 0 radical (unpaired) electrons. The first-order valence-corrected chi connectivity index (χ1v) is 10.5. The average Bonchev–Trinajstić information content (AvgIpc) is 2.74. The number of carbonyl (C=O) groups is 1. The molecule has 2 aromatic rings. The topological polar surface area (TPSA) is 50.4 Å². The van der Waals surface area contributed by atoms with Crippen molar-refractivity contribution in [2.24, 2.45) is 0 Å². The number of rotatable bonds is 13. The average molecular weight is 383 g/mol. The summed E-state index contributed by atoms with van der Waals surface area (Å²) in [7, 11) is 0. The van der Waals surface area contributed by atoms with E-state index in [1.165, 1.54) is 25.7 Å². The van der Waals surface area contributed by atoms with Gasteiger partial charge in [-0.15, -0.1) is 0 Å². The van der Waals surface area contributed by atoms with Crippen LogP contribution in [0.2, 0.25) is 0 Å². The Morgan fingerprint density at radius 3 is 2.50 bits per heavy atom. The zero-order valence-corrected chi connectivity index (χ0v) is 17.2. The molecule has 0 aliphatic carbocycles. The lowest BCUT2D eigenvalue weighted by Gasteiger charge is -2.18. The molecule has 0 aliphatic heterocycles. The van der Waals surface area contributed by atoms with Gasteiger partial charge in [-0.3, -0.25) is 4.79 Å². The molecule has 1 amide bonds. The number of anilines is 1. The quantitative estimate of drug-likeness (QED) is 0.436. The van der Waals surface area contributed by atoms with Crippen molar-refractivity contribution in [2.75, 3.05) is 18.5 Å². The van der Waals surface area contributed by atoms with Crippen molar-refractivity contribution in [3.63, 3.8) is 0 Å². The Labute approximate surface area is 169 Å². The number of hydrogen-bond donors (Lipinski definition) is 2. The summed E-state index contributed by atoms with van der Waals surface area (Å²) in [6.45, 7) is 5.28. The standard InChI is InChI=1S/C24H34N2O2/c1-3-5-6-7-11-17-28-22-16-12-15-21(18-22)25-19-24(27)26-23(4-2)20-13-9-8-10-14-20/h8-10,12-16,18,23,25H,3-7,11,17,19H2,1-2H3,(H,26,27). The van der Waals surface area contributed by atoms with Crippen molar-refractivity contribution >= 4 is 11.6 Å². The number of carbonyl (C=O) groups excluding carboxylic acids is 1. The summed E-state index contributed by atoms with van der Waals surface area (Å²) in [5.41, 5.74) is 2.03. The lowest BCUT2D eigenvalue weighted by Crippen LogP contribution is -2.33. The molecule has 28 heavy (non-hydrogen) atoms. The largest absolute Gasteiger partial charge is 0.494 e. The lowest BCUT2D eigenvalue weighted by atomic mass is 10.0. The second-order valence-corrected chi connectivity index (χ2v) is 7.08. The van der Waals surface area contributed by atoms with Gasteiger partial charge in [0.1, 0.15) is 5.75 Å². The molecule has 0 heterocycles. The van der Waals surface area contributed by atoms with Gasteiger partial charge in [0.25, 0.3) is 0 Å². The summed E-state index contributed by atoms with van der Waals surface area (Å²) in [5, 5.41) is 6.29. The van der Waals surface area contributed by atoms with E-state index in [0.29, 0.717) is 0 Å². The Bertz CT molecular complexity index is 688. The summed E-state index contributed by atoms with van der Waals surface area (Å²) in [6, 6.07) is 17.9. The summed E-state index contributed by atoms with van der Waals surface area (Å²) in [4.78, 5) is 12.3. The zero-order valence-electron chi connectivity index (χ0n) is 17.2. The third-order valence-electron chi connectivity index (χ3n) is 4.75. The Morgan fingerprint density at radius 2 is 1.75 bits per heavy atom. The van der Waals surface area contributed by atoms with Crippen molar-refractivity contribution in [3.8, 4) is 5.75 Å². The van der Waals surface area contributed by atoms with E-state index in [1.54, 1.807) is 0 Å². The van der Waals surface area contributed by atoms with Crippen LogP contribution in [0, 0.1) is 0 Å². The SMILES string of the molecule is CCCCCCCOc1cccc(NCC(=O)NC(CC)c2ccccc2)c1. The van der Waals surface area contributed by atoms with Gasteiger partial charge in [0, 0.05) is 11.8 Å². The molecule has 0 fully saturated rings. The van der Waals surface area contributed by atoms with Gasteiger partial charge >= 0.3 is 0 Å². The minimum absolute atomic E-state index is 0.0158. The molecule has 2 aromatic carbocycles. The predicted molar refractivity (Wildman–Crippen MR) is 117 cm³/mol. The lowest BCUT2D eigenvalue weighted by molar-refractivity contribution is -0.120. The molecule has 4 nitrogen and oxygen atoms in total.